The number of hydrogen-bond acceptors (Lipinski definition) is 3. The lowest BCUT2D eigenvalue weighted by molar-refractivity contribution is 0.414. The van der Waals surface area contributed by atoms with Crippen LogP contribution in [0.1, 0.15) is 19.0 Å². The Morgan fingerprint density at radius 1 is 1.42 bits per heavy atom. The molecule has 19 heavy (non-hydrogen) atoms. The van der Waals surface area contributed by atoms with Crippen molar-refractivity contribution in [3.63, 3.8) is 0 Å². The van der Waals surface area contributed by atoms with E-state index < -0.39 is 0 Å². The molecule has 0 atom stereocenters. The van der Waals surface area contributed by atoms with Gasteiger partial charge in [-0.1, -0.05) is 6.92 Å². The number of imidazole rings is 1. The molecular weight excluding hydrogens is 245 g/mol. The van der Waals surface area contributed by atoms with E-state index >= 15 is 0 Å². The predicted molar refractivity (Wildman–Crippen MR) is 73.5 cm³/mol. The molecule has 4 nitrogen and oxygen atoms in total. The van der Waals surface area contributed by atoms with E-state index in [1.165, 1.54) is 6.07 Å². The summed E-state index contributed by atoms with van der Waals surface area (Å²) in [6, 6.07) is 4.58. The molecule has 0 saturated heterocycles. The van der Waals surface area contributed by atoms with Crippen LogP contribution in [0.15, 0.2) is 24.4 Å². The van der Waals surface area contributed by atoms with Gasteiger partial charge in [-0.05, 0) is 25.5 Å². The van der Waals surface area contributed by atoms with Gasteiger partial charge in [-0.2, -0.15) is 0 Å². The lowest BCUT2D eigenvalue weighted by atomic mass is 10.3. The van der Waals surface area contributed by atoms with E-state index in [0.717, 1.165) is 18.7 Å². The second kappa shape index (κ2) is 5.73. The maximum absolute atomic E-state index is 13.8. The fourth-order valence-electron chi connectivity index (χ4n) is 1.91. The van der Waals surface area contributed by atoms with E-state index in [1.807, 2.05) is 17.7 Å². The summed E-state index contributed by atoms with van der Waals surface area (Å²) >= 11 is 0. The summed E-state index contributed by atoms with van der Waals surface area (Å²) in [7, 11) is 1.55. The van der Waals surface area contributed by atoms with E-state index in [-0.39, 0.29) is 5.82 Å². The fourth-order valence-corrected chi connectivity index (χ4v) is 1.91. The summed E-state index contributed by atoms with van der Waals surface area (Å²) < 4.78 is 20.8. The highest BCUT2D eigenvalue weighted by Crippen LogP contribution is 2.24. The van der Waals surface area contributed by atoms with Crippen LogP contribution < -0.4 is 10.1 Å². The zero-order chi connectivity index (χ0) is 13.8. The molecule has 2 aromatic rings. The Bertz CT molecular complexity index is 566. The van der Waals surface area contributed by atoms with Gasteiger partial charge in [0, 0.05) is 18.8 Å². The Hall–Kier alpha value is -2.04. The van der Waals surface area contributed by atoms with Crippen LogP contribution >= 0.6 is 0 Å². The molecule has 0 amide bonds. The monoisotopic (exact) mass is 263 g/mol. The first-order valence-electron chi connectivity index (χ1n) is 6.28. The Morgan fingerprint density at radius 2 is 2.21 bits per heavy atom. The fraction of sp³-hybridized carbons (Fsp3) is 0.357. The molecule has 0 bridgehead atoms. The van der Waals surface area contributed by atoms with Gasteiger partial charge in [-0.25, -0.2) is 9.37 Å². The summed E-state index contributed by atoms with van der Waals surface area (Å²) in [6.45, 7) is 4.85. The molecule has 0 fully saturated rings. The quantitative estimate of drug-likeness (QED) is 0.897. The molecular formula is C14H18FN3O. The minimum atomic E-state index is -0.329. The van der Waals surface area contributed by atoms with E-state index in [4.69, 9.17) is 4.74 Å². The topological polar surface area (TPSA) is 39.1 Å². The second-order valence-electron chi connectivity index (χ2n) is 4.37. The van der Waals surface area contributed by atoms with Crippen LogP contribution in [0.3, 0.4) is 0 Å². The first-order valence-corrected chi connectivity index (χ1v) is 6.28. The Labute approximate surface area is 112 Å². The third-order valence-electron chi connectivity index (χ3n) is 2.78. The Morgan fingerprint density at radius 3 is 2.89 bits per heavy atom. The molecule has 0 saturated carbocycles. The number of rotatable bonds is 5. The summed E-state index contributed by atoms with van der Waals surface area (Å²) in [5.74, 6) is 0.922. The van der Waals surface area contributed by atoms with Crippen molar-refractivity contribution in [2.24, 2.45) is 0 Å². The number of halogens is 1. The molecule has 1 aromatic heterocycles. The molecule has 1 heterocycles. The number of anilines is 2. The summed E-state index contributed by atoms with van der Waals surface area (Å²) in [4.78, 5) is 4.37. The standard InChI is InChI=1S/C14H18FN3O/c1-4-7-18-9-10(2)16-14(18)17-13-8-11(19-3)5-6-12(13)15/h5-6,8-9H,4,7H2,1-3H3,(H,16,17). The molecule has 0 aliphatic carbocycles. The number of hydrogen-bond donors (Lipinski definition) is 1. The number of methoxy groups -OCH3 is 1. The molecule has 0 aliphatic rings. The maximum Gasteiger partial charge on any atom is 0.207 e. The zero-order valence-corrected chi connectivity index (χ0v) is 11.4. The van der Waals surface area contributed by atoms with Crippen LogP contribution in [-0.2, 0) is 6.54 Å². The van der Waals surface area contributed by atoms with Crippen molar-refractivity contribution >= 4 is 11.6 Å². The van der Waals surface area contributed by atoms with Crippen molar-refractivity contribution in [1.82, 2.24) is 9.55 Å². The Kier molecular flexibility index (Phi) is 4.04. The number of aromatic nitrogens is 2. The highest BCUT2D eigenvalue weighted by Gasteiger charge is 2.09. The number of nitrogens with zero attached hydrogens (tertiary/aromatic N) is 2. The lowest BCUT2D eigenvalue weighted by Crippen LogP contribution is -2.04. The van der Waals surface area contributed by atoms with E-state index in [0.29, 0.717) is 17.4 Å². The third kappa shape index (κ3) is 3.05. The smallest absolute Gasteiger partial charge is 0.207 e. The lowest BCUT2D eigenvalue weighted by Gasteiger charge is -2.10. The van der Waals surface area contributed by atoms with E-state index in [2.05, 4.69) is 17.2 Å². The van der Waals surface area contributed by atoms with Crippen LogP contribution in [-0.4, -0.2) is 16.7 Å². The summed E-state index contributed by atoms with van der Waals surface area (Å²) in [6.07, 6.45) is 2.94. The van der Waals surface area contributed by atoms with Crippen LogP contribution in [0, 0.1) is 12.7 Å². The van der Waals surface area contributed by atoms with Gasteiger partial charge in [0.1, 0.15) is 11.6 Å². The number of aryl methyl sites for hydroxylation is 2. The van der Waals surface area contributed by atoms with Crippen molar-refractivity contribution in [3.05, 3.63) is 35.9 Å². The molecule has 0 spiro atoms. The molecule has 2 rings (SSSR count). The summed E-state index contributed by atoms with van der Waals surface area (Å²) in [5.41, 5.74) is 1.27. The molecule has 0 unspecified atom stereocenters. The largest absolute Gasteiger partial charge is 0.497 e. The van der Waals surface area contributed by atoms with Crippen molar-refractivity contribution in [2.75, 3.05) is 12.4 Å². The molecule has 1 N–H and O–H groups in total. The van der Waals surface area contributed by atoms with Crippen molar-refractivity contribution < 1.29 is 9.13 Å². The van der Waals surface area contributed by atoms with Crippen molar-refractivity contribution in [3.8, 4) is 5.75 Å². The van der Waals surface area contributed by atoms with E-state index in [1.54, 1.807) is 19.2 Å². The molecule has 1 aromatic carbocycles. The molecule has 0 aliphatic heterocycles. The highest BCUT2D eigenvalue weighted by atomic mass is 19.1. The minimum Gasteiger partial charge on any atom is -0.497 e. The number of nitrogens with one attached hydrogen (secondary N) is 1. The zero-order valence-electron chi connectivity index (χ0n) is 11.4. The van der Waals surface area contributed by atoms with Crippen molar-refractivity contribution in [2.45, 2.75) is 26.8 Å². The molecule has 102 valence electrons. The van der Waals surface area contributed by atoms with Crippen LogP contribution in [0.25, 0.3) is 0 Å². The number of ether oxygens (including phenoxy) is 1. The maximum atomic E-state index is 13.8. The highest BCUT2D eigenvalue weighted by molar-refractivity contribution is 5.57. The van der Waals surface area contributed by atoms with Gasteiger partial charge in [-0.15, -0.1) is 0 Å². The molecule has 5 heteroatoms. The van der Waals surface area contributed by atoms with Gasteiger partial charge in [0.25, 0.3) is 0 Å². The minimum absolute atomic E-state index is 0.329. The summed E-state index contributed by atoms with van der Waals surface area (Å²) in [5, 5.41) is 3.02. The van der Waals surface area contributed by atoms with Gasteiger partial charge in [-0.3, -0.25) is 0 Å². The predicted octanol–water partition coefficient (Wildman–Crippen LogP) is 3.49. The number of benzene rings is 1. The van der Waals surface area contributed by atoms with Gasteiger partial charge in [0.05, 0.1) is 18.5 Å². The van der Waals surface area contributed by atoms with Crippen LogP contribution in [0.5, 0.6) is 5.75 Å². The average Bonchev–Trinajstić information content (AvgIpc) is 2.73. The first kappa shape index (κ1) is 13.4. The van der Waals surface area contributed by atoms with E-state index in [9.17, 15) is 4.39 Å². The van der Waals surface area contributed by atoms with Gasteiger partial charge in [0.15, 0.2) is 0 Å². The van der Waals surface area contributed by atoms with Gasteiger partial charge >= 0.3 is 0 Å². The van der Waals surface area contributed by atoms with Gasteiger partial charge < -0.3 is 14.6 Å². The van der Waals surface area contributed by atoms with Crippen LogP contribution in [0.4, 0.5) is 16.0 Å². The first-order chi connectivity index (χ1) is 9.13. The third-order valence-corrected chi connectivity index (χ3v) is 2.78. The van der Waals surface area contributed by atoms with Crippen molar-refractivity contribution in [1.29, 1.82) is 0 Å². The average molecular weight is 263 g/mol. The normalized spacial score (nSPS) is 10.5. The Balaban J connectivity index is 2.30. The molecule has 0 radical (unpaired) electrons. The van der Waals surface area contributed by atoms with Gasteiger partial charge in [0.2, 0.25) is 5.95 Å². The second-order valence-corrected chi connectivity index (χ2v) is 4.37. The van der Waals surface area contributed by atoms with Crippen LogP contribution in [0.2, 0.25) is 0 Å². The SMILES string of the molecule is CCCn1cc(C)nc1Nc1cc(OC)ccc1F.